The van der Waals surface area contributed by atoms with E-state index in [1.54, 1.807) is 0 Å². The Balaban J connectivity index is 1.71. The van der Waals surface area contributed by atoms with Gasteiger partial charge in [0.2, 0.25) is 11.1 Å². The third kappa shape index (κ3) is 5.71. The van der Waals surface area contributed by atoms with Gasteiger partial charge >= 0.3 is 0 Å². The summed E-state index contributed by atoms with van der Waals surface area (Å²) in [6.07, 6.45) is 0. The lowest BCUT2D eigenvalue weighted by Gasteiger charge is -2.36. The predicted molar refractivity (Wildman–Crippen MR) is 132 cm³/mol. The van der Waals surface area contributed by atoms with Crippen LogP contribution in [0.3, 0.4) is 0 Å². The lowest BCUT2D eigenvalue weighted by Crippen LogP contribution is -2.46. The first-order valence-corrected chi connectivity index (χ1v) is 11.7. The van der Waals surface area contributed by atoms with Crippen LogP contribution in [0, 0.1) is 0 Å². The second-order valence-electron chi connectivity index (χ2n) is 9.93. The summed E-state index contributed by atoms with van der Waals surface area (Å²) in [7, 11) is 0. The number of benzene rings is 2. The molecule has 0 atom stereocenters. The number of carbonyl (C=O) groups is 1. The molecule has 0 bridgehead atoms. The van der Waals surface area contributed by atoms with Crippen molar-refractivity contribution in [3.63, 3.8) is 0 Å². The lowest BCUT2D eigenvalue weighted by molar-refractivity contribution is -0.133. The molecule has 1 aromatic heterocycles. The number of thioether (sulfide) groups is 1. The quantitative estimate of drug-likeness (QED) is 0.427. The summed E-state index contributed by atoms with van der Waals surface area (Å²) < 4.78 is 1.46. The van der Waals surface area contributed by atoms with Crippen LogP contribution in [0.25, 0.3) is 11.4 Å². The van der Waals surface area contributed by atoms with E-state index in [0.29, 0.717) is 17.5 Å². The van der Waals surface area contributed by atoms with E-state index in [4.69, 9.17) is 5.84 Å². The molecule has 1 amide bonds. The first-order chi connectivity index (χ1) is 15.0. The Hall–Kier alpha value is -2.80. The standard InChI is InChI=1S/C25H33N5OS/c1-24(2,3)20-14-12-19(13-15-20)22-27-28-23(30(22)26)32-17-21(31)29(25(4,5)6)16-18-10-8-7-9-11-18/h7-15H,16-17,26H2,1-6H3. The highest BCUT2D eigenvalue weighted by Gasteiger charge is 2.27. The van der Waals surface area contributed by atoms with E-state index in [-0.39, 0.29) is 22.6 Å². The summed E-state index contributed by atoms with van der Waals surface area (Å²) in [5, 5.41) is 9.00. The van der Waals surface area contributed by atoms with Crippen molar-refractivity contribution in [2.45, 2.75) is 64.2 Å². The Morgan fingerprint density at radius 2 is 1.59 bits per heavy atom. The number of hydrogen-bond acceptors (Lipinski definition) is 5. The number of nitrogen functional groups attached to an aromatic ring is 1. The Morgan fingerprint density at radius 1 is 0.969 bits per heavy atom. The van der Waals surface area contributed by atoms with Crippen LogP contribution >= 0.6 is 11.8 Å². The summed E-state index contributed by atoms with van der Waals surface area (Å²) in [5.41, 5.74) is 3.01. The summed E-state index contributed by atoms with van der Waals surface area (Å²) >= 11 is 1.31. The molecule has 3 aromatic rings. The van der Waals surface area contributed by atoms with Gasteiger partial charge in [-0.05, 0) is 37.3 Å². The van der Waals surface area contributed by atoms with Crippen LogP contribution in [0.5, 0.6) is 0 Å². The highest BCUT2D eigenvalue weighted by atomic mass is 32.2. The van der Waals surface area contributed by atoms with Gasteiger partial charge in [-0.2, -0.15) is 0 Å². The maximum atomic E-state index is 13.1. The van der Waals surface area contributed by atoms with E-state index in [1.807, 2.05) is 68.1 Å². The zero-order valence-corrected chi connectivity index (χ0v) is 20.6. The molecule has 0 saturated heterocycles. The van der Waals surface area contributed by atoms with E-state index < -0.39 is 0 Å². The van der Waals surface area contributed by atoms with E-state index in [2.05, 4.69) is 43.1 Å². The smallest absolute Gasteiger partial charge is 0.233 e. The van der Waals surface area contributed by atoms with E-state index in [0.717, 1.165) is 11.1 Å². The maximum absolute atomic E-state index is 13.1. The Labute approximate surface area is 195 Å². The minimum Gasteiger partial charge on any atom is -0.335 e. The fraction of sp³-hybridized carbons (Fsp3) is 0.400. The first kappa shape index (κ1) is 23.9. The van der Waals surface area contributed by atoms with Gasteiger partial charge in [0, 0.05) is 17.6 Å². The molecule has 170 valence electrons. The second kappa shape index (κ2) is 9.36. The van der Waals surface area contributed by atoms with Gasteiger partial charge in [-0.15, -0.1) is 10.2 Å². The molecular weight excluding hydrogens is 418 g/mol. The van der Waals surface area contributed by atoms with Crippen LogP contribution in [-0.2, 0) is 16.8 Å². The van der Waals surface area contributed by atoms with Crippen molar-refractivity contribution < 1.29 is 4.79 Å². The molecule has 0 spiro atoms. The van der Waals surface area contributed by atoms with Crippen LogP contribution in [-0.4, -0.2) is 37.0 Å². The molecule has 3 rings (SSSR count). The molecule has 0 aliphatic carbocycles. The average molecular weight is 452 g/mol. The lowest BCUT2D eigenvalue weighted by atomic mass is 9.87. The summed E-state index contributed by atoms with van der Waals surface area (Å²) in [6.45, 7) is 13.2. The van der Waals surface area contributed by atoms with Crippen LogP contribution in [0.1, 0.15) is 52.7 Å². The molecule has 7 heteroatoms. The van der Waals surface area contributed by atoms with Crippen LogP contribution in [0.4, 0.5) is 0 Å². The number of hydrogen-bond donors (Lipinski definition) is 1. The van der Waals surface area contributed by atoms with Gasteiger partial charge in [-0.25, -0.2) is 4.68 Å². The molecule has 2 N–H and O–H groups in total. The summed E-state index contributed by atoms with van der Waals surface area (Å²) in [4.78, 5) is 15.0. The molecule has 0 fully saturated rings. The Kier molecular flexibility index (Phi) is 6.98. The monoisotopic (exact) mass is 451 g/mol. The fourth-order valence-corrected chi connectivity index (χ4v) is 4.09. The summed E-state index contributed by atoms with van der Waals surface area (Å²) in [5.74, 6) is 7.13. The maximum Gasteiger partial charge on any atom is 0.233 e. The highest BCUT2D eigenvalue weighted by molar-refractivity contribution is 7.99. The molecule has 2 aromatic carbocycles. The molecule has 0 unspecified atom stereocenters. The van der Waals surface area contributed by atoms with Crippen molar-refractivity contribution in [1.29, 1.82) is 0 Å². The molecule has 32 heavy (non-hydrogen) atoms. The zero-order chi connectivity index (χ0) is 23.5. The number of aromatic nitrogens is 3. The minimum atomic E-state index is -0.302. The zero-order valence-electron chi connectivity index (χ0n) is 19.8. The summed E-state index contributed by atoms with van der Waals surface area (Å²) in [6, 6.07) is 18.2. The van der Waals surface area contributed by atoms with Crippen molar-refractivity contribution in [3.05, 3.63) is 65.7 Å². The van der Waals surface area contributed by atoms with E-state index >= 15 is 0 Å². The SMILES string of the molecule is CC(C)(C)c1ccc(-c2nnc(SCC(=O)N(Cc3ccccc3)C(C)(C)C)n2N)cc1. The molecule has 6 nitrogen and oxygen atoms in total. The molecule has 0 aliphatic heterocycles. The number of amides is 1. The molecule has 0 saturated carbocycles. The Morgan fingerprint density at radius 3 is 2.16 bits per heavy atom. The molecule has 0 radical (unpaired) electrons. The topological polar surface area (TPSA) is 77.0 Å². The predicted octanol–water partition coefficient (Wildman–Crippen LogP) is 4.88. The van der Waals surface area contributed by atoms with Crippen molar-refractivity contribution in [1.82, 2.24) is 19.8 Å². The second-order valence-corrected chi connectivity index (χ2v) is 10.9. The third-order valence-electron chi connectivity index (χ3n) is 5.29. The number of nitrogens with two attached hydrogens (primary N) is 1. The molecular formula is C25H33N5OS. The van der Waals surface area contributed by atoms with E-state index in [1.165, 1.54) is 22.0 Å². The highest BCUT2D eigenvalue weighted by Crippen LogP contribution is 2.27. The minimum absolute atomic E-state index is 0.0328. The van der Waals surface area contributed by atoms with Crippen LogP contribution in [0.15, 0.2) is 59.8 Å². The van der Waals surface area contributed by atoms with Gasteiger partial charge in [0.15, 0.2) is 5.82 Å². The third-order valence-corrected chi connectivity index (χ3v) is 6.22. The number of carbonyl (C=O) groups excluding carboxylic acids is 1. The van der Waals surface area contributed by atoms with Crippen molar-refractivity contribution >= 4 is 17.7 Å². The van der Waals surface area contributed by atoms with Gasteiger partial charge < -0.3 is 10.7 Å². The van der Waals surface area contributed by atoms with Gasteiger partial charge in [0.05, 0.1) is 5.75 Å². The van der Waals surface area contributed by atoms with Gasteiger partial charge in [0.25, 0.3) is 0 Å². The average Bonchev–Trinajstić information content (AvgIpc) is 3.10. The van der Waals surface area contributed by atoms with Crippen LogP contribution < -0.4 is 5.84 Å². The number of nitrogens with zero attached hydrogens (tertiary/aromatic N) is 4. The van der Waals surface area contributed by atoms with Gasteiger partial charge in [0.1, 0.15) is 0 Å². The largest absolute Gasteiger partial charge is 0.335 e. The first-order valence-electron chi connectivity index (χ1n) is 10.8. The van der Waals surface area contributed by atoms with Crippen molar-refractivity contribution in [3.8, 4) is 11.4 Å². The van der Waals surface area contributed by atoms with E-state index in [9.17, 15) is 4.79 Å². The van der Waals surface area contributed by atoms with Crippen LogP contribution in [0.2, 0.25) is 0 Å². The normalized spacial score (nSPS) is 12.1. The van der Waals surface area contributed by atoms with Crippen molar-refractivity contribution in [2.24, 2.45) is 0 Å². The van der Waals surface area contributed by atoms with Gasteiger partial charge in [-0.1, -0.05) is 87.1 Å². The molecule has 0 aliphatic rings. The Bertz CT molecular complexity index is 1050. The van der Waals surface area contributed by atoms with Crippen molar-refractivity contribution in [2.75, 3.05) is 11.6 Å². The molecule has 1 heterocycles. The number of rotatable bonds is 6. The fourth-order valence-electron chi connectivity index (χ4n) is 3.36. The van der Waals surface area contributed by atoms with Gasteiger partial charge in [-0.3, -0.25) is 4.79 Å².